The number of nitrogens with zero attached hydrogens (tertiary/aromatic N) is 3. The molecule has 2 aromatic heterocycles. The molecule has 0 aliphatic rings. The summed E-state index contributed by atoms with van der Waals surface area (Å²) in [5.74, 6) is 0.471. The Balaban J connectivity index is 2.61. The van der Waals surface area contributed by atoms with Crippen molar-refractivity contribution in [1.29, 1.82) is 0 Å². The lowest BCUT2D eigenvalue weighted by Gasteiger charge is -2.02. The van der Waals surface area contributed by atoms with Crippen molar-refractivity contribution >= 4 is 28.4 Å². The number of rotatable bonds is 3. The van der Waals surface area contributed by atoms with E-state index in [0.29, 0.717) is 21.9 Å². The van der Waals surface area contributed by atoms with E-state index >= 15 is 0 Å². The van der Waals surface area contributed by atoms with Crippen LogP contribution < -0.4 is 4.74 Å². The fourth-order valence-corrected chi connectivity index (χ4v) is 1.64. The van der Waals surface area contributed by atoms with Crippen LogP contribution in [0.3, 0.4) is 0 Å². The Bertz CT molecular complexity index is 550. The van der Waals surface area contributed by atoms with Crippen LogP contribution in [0.25, 0.3) is 11.0 Å². The molecule has 6 heteroatoms. The van der Waals surface area contributed by atoms with Crippen molar-refractivity contribution in [1.82, 2.24) is 14.8 Å². The monoisotopic (exact) mass is 239 g/mol. The first-order chi connectivity index (χ1) is 7.61. The van der Waals surface area contributed by atoms with Gasteiger partial charge in [-0.05, 0) is 13.0 Å². The number of aromatic nitrogens is 3. The number of methoxy groups -OCH3 is 1. The zero-order valence-corrected chi connectivity index (χ0v) is 9.65. The molecule has 0 unspecified atom stereocenters. The summed E-state index contributed by atoms with van der Waals surface area (Å²) in [4.78, 5) is 15.2. The van der Waals surface area contributed by atoms with E-state index in [1.165, 1.54) is 24.9 Å². The van der Waals surface area contributed by atoms with Crippen LogP contribution in [0.2, 0.25) is 5.02 Å². The van der Waals surface area contributed by atoms with Gasteiger partial charge in [0, 0.05) is 6.20 Å². The van der Waals surface area contributed by atoms with Gasteiger partial charge in [0.2, 0.25) is 5.88 Å². The number of pyridine rings is 1. The molecule has 2 heterocycles. The van der Waals surface area contributed by atoms with E-state index in [1.807, 2.05) is 0 Å². The first-order valence-corrected chi connectivity index (χ1v) is 5.05. The van der Waals surface area contributed by atoms with E-state index in [9.17, 15) is 4.79 Å². The molecule has 0 atom stereocenters. The Kier molecular flexibility index (Phi) is 2.78. The predicted molar refractivity (Wildman–Crippen MR) is 59.8 cm³/mol. The van der Waals surface area contributed by atoms with E-state index in [4.69, 9.17) is 16.3 Å². The maximum Gasteiger partial charge on any atom is 0.239 e. The second-order valence-electron chi connectivity index (χ2n) is 3.39. The van der Waals surface area contributed by atoms with E-state index in [-0.39, 0.29) is 12.3 Å². The highest BCUT2D eigenvalue weighted by atomic mass is 35.5. The molecule has 2 aromatic rings. The van der Waals surface area contributed by atoms with Gasteiger partial charge in [0.05, 0.1) is 12.1 Å². The van der Waals surface area contributed by atoms with Gasteiger partial charge in [0.1, 0.15) is 12.1 Å². The average Bonchev–Trinajstić information content (AvgIpc) is 2.52. The minimum Gasteiger partial charge on any atom is -0.480 e. The van der Waals surface area contributed by atoms with Gasteiger partial charge in [-0.15, -0.1) is 0 Å². The fourth-order valence-electron chi connectivity index (χ4n) is 1.49. The molecule has 0 saturated heterocycles. The normalized spacial score (nSPS) is 10.7. The van der Waals surface area contributed by atoms with Crippen LogP contribution in [0.5, 0.6) is 5.88 Å². The maximum absolute atomic E-state index is 11.1. The second kappa shape index (κ2) is 4.09. The summed E-state index contributed by atoms with van der Waals surface area (Å²) in [6.07, 6.45) is 1.52. The molecule has 0 aliphatic carbocycles. The highest BCUT2D eigenvalue weighted by Gasteiger charge is 2.14. The third-order valence-corrected chi connectivity index (χ3v) is 2.27. The molecule has 0 fully saturated rings. The van der Waals surface area contributed by atoms with E-state index < -0.39 is 0 Å². The molecule has 0 aliphatic heterocycles. The van der Waals surface area contributed by atoms with E-state index in [1.54, 1.807) is 6.07 Å². The maximum atomic E-state index is 11.1. The lowest BCUT2D eigenvalue weighted by Crippen LogP contribution is -2.09. The Morgan fingerprint density at radius 2 is 2.38 bits per heavy atom. The van der Waals surface area contributed by atoms with Crippen LogP contribution in [0.15, 0.2) is 12.3 Å². The zero-order valence-electron chi connectivity index (χ0n) is 8.90. The Morgan fingerprint density at radius 3 is 3.00 bits per heavy atom. The highest BCUT2D eigenvalue weighted by Crippen LogP contribution is 2.25. The Morgan fingerprint density at radius 1 is 1.62 bits per heavy atom. The van der Waals surface area contributed by atoms with Crippen molar-refractivity contribution in [3.63, 3.8) is 0 Å². The molecule has 0 bridgehead atoms. The van der Waals surface area contributed by atoms with E-state index in [0.717, 1.165) is 0 Å². The molecule has 0 saturated carbocycles. The molecule has 5 nitrogen and oxygen atoms in total. The lowest BCUT2D eigenvalue weighted by atomic mass is 10.4. The van der Waals surface area contributed by atoms with Crippen LogP contribution in [-0.4, -0.2) is 27.7 Å². The SMILES string of the molecule is COc1c2ncc(Cl)cc2nn1CC(C)=O. The number of hydrogen-bond donors (Lipinski definition) is 0. The van der Waals surface area contributed by atoms with Gasteiger partial charge >= 0.3 is 0 Å². The third kappa shape index (κ3) is 1.86. The van der Waals surface area contributed by atoms with Crippen molar-refractivity contribution in [3.8, 4) is 5.88 Å². The zero-order chi connectivity index (χ0) is 11.7. The molecule has 0 N–H and O–H groups in total. The largest absolute Gasteiger partial charge is 0.480 e. The number of fused-ring (bicyclic) bond motifs is 1. The van der Waals surface area contributed by atoms with E-state index in [2.05, 4.69) is 10.1 Å². The second-order valence-corrected chi connectivity index (χ2v) is 3.83. The van der Waals surface area contributed by atoms with Gasteiger partial charge in [0.15, 0.2) is 11.3 Å². The standard InChI is InChI=1S/C10H10ClN3O2/c1-6(15)5-14-10(16-2)9-8(13-14)3-7(11)4-12-9/h3-4H,5H2,1-2H3. The molecular formula is C10H10ClN3O2. The summed E-state index contributed by atoms with van der Waals surface area (Å²) in [5, 5.41) is 4.71. The van der Waals surface area contributed by atoms with Gasteiger partial charge in [-0.25, -0.2) is 9.67 Å². The first-order valence-electron chi connectivity index (χ1n) is 4.67. The summed E-state index contributed by atoms with van der Waals surface area (Å²) < 4.78 is 6.66. The minimum absolute atomic E-state index is 0.00259. The van der Waals surface area contributed by atoms with Gasteiger partial charge in [-0.3, -0.25) is 4.79 Å². The number of carbonyl (C=O) groups is 1. The lowest BCUT2D eigenvalue weighted by molar-refractivity contribution is -0.117. The van der Waals surface area contributed by atoms with Gasteiger partial charge in [0.25, 0.3) is 0 Å². The summed E-state index contributed by atoms with van der Waals surface area (Å²) in [6, 6.07) is 1.68. The molecule has 0 radical (unpaired) electrons. The number of hydrogen-bond acceptors (Lipinski definition) is 4. The van der Waals surface area contributed by atoms with Gasteiger partial charge in [-0.2, -0.15) is 5.10 Å². The third-order valence-electron chi connectivity index (χ3n) is 2.07. The minimum atomic E-state index is -0.00259. The summed E-state index contributed by atoms with van der Waals surface area (Å²) in [5.41, 5.74) is 1.22. The summed E-state index contributed by atoms with van der Waals surface area (Å²) in [7, 11) is 1.52. The molecular weight excluding hydrogens is 230 g/mol. The Hall–Kier alpha value is -1.62. The van der Waals surface area contributed by atoms with Gasteiger partial charge < -0.3 is 4.74 Å². The molecule has 0 amide bonds. The molecule has 0 spiro atoms. The number of Topliss-reactive ketones (excluding diaryl/α,β-unsaturated/α-hetero) is 1. The van der Waals surface area contributed by atoms with Crippen molar-refractivity contribution in [2.45, 2.75) is 13.5 Å². The fraction of sp³-hybridized carbons (Fsp3) is 0.300. The molecule has 84 valence electrons. The average molecular weight is 240 g/mol. The van der Waals surface area contributed by atoms with Crippen molar-refractivity contribution in [2.75, 3.05) is 7.11 Å². The topological polar surface area (TPSA) is 57.0 Å². The number of ether oxygens (including phenoxy) is 1. The molecule has 0 aromatic carbocycles. The van der Waals surface area contributed by atoms with Crippen molar-refractivity contribution in [3.05, 3.63) is 17.3 Å². The van der Waals surface area contributed by atoms with Crippen LogP contribution in [0, 0.1) is 0 Å². The first kappa shape index (κ1) is 10.9. The molecule has 16 heavy (non-hydrogen) atoms. The smallest absolute Gasteiger partial charge is 0.239 e. The number of carbonyl (C=O) groups excluding carboxylic acids is 1. The van der Waals surface area contributed by atoms with Crippen LogP contribution in [0.4, 0.5) is 0 Å². The predicted octanol–water partition coefficient (Wildman–Crippen LogP) is 1.68. The summed E-state index contributed by atoms with van der Waals surface area (Å²) >= 11 is 5.81. The quantitative estimate of drug-likeness (QED) is 0.818. The van der Waals surface area contributed by atoms with Crippen molar-refractivity contribution in [2.24, 2.45) is 0 Å². The highest BCUT2D eigenvalue weighted by molar-refractivity contribution is 6.31. The summed E-state index contributed by atoms with van der Waals surface area (Å²) in [6.45, 7) is 1.66. The van der Waals surface area contributed by atoms with Gasteiger partial charge in [-0.1, -0.05) is 11.6 Å². The Labute approximate surface area is 97.0 Å². The van der Waals surface area contributed by atoms with Crippen LogP contribution in [-0.2, 0) is 11.3 Å². The number of halogens is 1. The number of ketones is 1. The molecule has 2 rings (SSSR count). The van der Waals surface area contributed by atoms with Crippen LogP contribution in [0.1, 0.15) is 6.92 Å². The van der Waals surface area contributed by atoms with Crippen molar-refractivity contribution < 1.29 is 9.53 Å². The van der Waals surface area contributed by atoms with Crippen LogP contribution >= 0.6 is 11.6 Å².